The number of hydrogen-bond donors (Lipinski definition) is 0. The Bertz CT molecular complexity index is 347. The molecule has 0 unspecified atom stereocenters. The summed E-state index contributed by atoms with van der Waals surface area (Å²) in [5, 5.41) is 0. The van der Waals surface area contributed by atoms with Gasteiger partial charge in [-0.05, 0) is 57.8 Å². The van der Waals surface area contributed by atoms with Gasteiger partial charge >= 0.3 is 0 Å². The third-order valence-corrected chi connectivity index (χ3v) is 2.73. The van der Waals surface area contributed by atoms with Crippen LogP contribution in [0.3, 0.4) is 0 Å². The zero-order chi connectivity index (χ0) is 10.4. The first-order valence-electron chi connectivity index (χ1n) is 4.26. The Morgan fingerprint density at radius 2 is 2.29 bits per heavy atom. The fraction of sp³-hybridized carbons (Fsp3) is 0.182. The van der Waals surface area contributed by atoms with Crippen LogP contribution in [0, 0.1) is 3.57 Å². The monoisotopic (exact) mass is 364 g/mol. The first kappa shape index (κ1) is 11.9. The van der Waals surface area contributed by atoms with Crippen molar-refractivity contribution in [3.05, 3.63) is 44.5 Å². The molecule has 1 rings (SSSR count). The van der Waals surface area contributed by atoms with Gasteiger partial charge in [0.1, 0.15) is 0 Å². The minimum atomic E-state index is 0.153. The topological polar surface area (TPSA) is 17.1 Å². The van der Waals surface area contributed by atoms with E-state index < -0.39 is 0 Å². The molecule has 0 N–H and O–H groups in total. The number of hydrogen-bond acceptors (Lipinski definition) is 1. The zero-order valence-electron chi connectivity index (χ0n) is 7.54. The summed E-state index contributed by atoms with van der Waals surface area (Å²) >= 11 is 5.36. The number of benzene rings is 1. The molecule has 14 heavy (non-hydrogen) atoms. The number of carbonyl (C=O) groups is 1. The molecule has 0 aliphatic heterocycles. The Morgan fingerprint density at radius 3 is 2.93 bits per heavy atom. The maximum atomic E-state index is 11.2. The van der Waals surface area contributed by atoms with Crippen molar-refractivity contribution in [1.82, 2.24) is 0 Å². The van der Waals surface area contributed by atoms with E-state index in [4.69, 9.17) is 0 Å². The van der Waals surface area contributed by atoms with Gasteiger partial charge < -0.3 is 0 Å². The number of ketones is 1. The summed E-state index contributed by atoms with van der Waals surface area (Å²) in [7, 11) is 0. The molecule has 1 nitrogen and oxygen atoms in total. The molecule has 74 valence electrons. The van der Waals surface area contributed by atoms with E-state index in [2.05, 4.69) is 44.6 Å². The Balaban J connectivity index is 2.49. The Morgan fingerprint density at radius 1 is 1.50 bits per heavy atom. The summed E-state index contributed by atoms with van der Waals surface area (Å²) in [6.45, 7) is 0. The number of allylic oxidation sites excluding steroid dienone is 1. The highest BCUT2D eigenvalue weighted by molar-refractivity contribution is 14.1. The summed E-state index contributed by atoms with van der Waals surface area (Å²) < 4.78 is 1.21. The Hall–Kier alpha value is -0.160. The lowest BCUT2D eigenvalue weighted by molar-refractivity contribution is -0.114. The maximum absolute atomic E-state index is 11.2. The van der Waals surface area contributed by atoms with Gasteiger partial charge in [0.25, 0.3) is 0 Å². The average molecular weight is 365 g/mol. The van der Waals surface area contributed by atoms with Crippen LogP contribution in [0.4, 0.5) is 0 Å². The highest BCUT2D eigenvalue weighted by Gasteiger charge is 1.98. The first-order valence-corrected chi connectivity index (χ1v) is 6.26. The summed E-state index contributed by atoms with van der Waals surface area (Å²) in [6.07, 6.45) is 2.93. The van der Waals surface area contributed by atoms with Crippen LogP contribution in [0.1, 0.15) is 12.0 Å². The van der Waals surface area contributed by atoms with Gasteiger partial charge in [-0.1, -0.05) is 28.1 Å². The van der Waals surface area contributed by atoms with Crippen LogP contribution in [0.2, 0.25) is 0 Å². The highest BCUT2D eigenvalue weighted by Crippen LogP contribution is 2.09. The van der Waals surface area contributed by atoms with E-state index in [0.717, 1.165) is 6.42 Å². The largest absolute Gasteiger partial charge is 0.295 e. The van der Waals surface area contributed by atoms with Crippen molar-refractivity contribution in [2.75, 3.05) is 0 Å². The predicted octanol–water partition coefficient (Wildman–Crippen LogP) is 3.70. The molecule has 0 bridgehead atoms. The van der Waals surface area contributed by atoms with Crippen molar-refractivity contribution in [2.24, 2.45) is 0 Å². The fourth-order valence-corrected chi connectivity index (χ4v) is 2.02. The number of rotatable bonds is 4. The minimum Gasteiger partial charge on any atom is -0.295 e. The van der Waals surface area contributed by atoms with Gasteiger partial charge in [0.15, 0.2) is 5.78 Å². The van der Waals surface area contributed by atoms with Crippen molar-refractivity contribution in [2.45, 2.75) is 12.8 Å². The van der Waals surface area contributed by atoms with Crippen LogP contribution in [0.25, 0.3) is 0 Å². The van der Waals surface area contributed by atoms with Crippen LogP contribution < -0.4 is 0 Å². The fourth-order valence-electron chi connectivity index (χ4n) is 1.11. The Labute approximate surface area is 106 Å². The molecule has 0 spiro atoms. The smallest absolute Gasteiger partial charge is 0.156 e. The van der Waals surface area contributed by atoms with Gasteiger partial charge in [-0.25, -0.2) is 0 Å². The zero-order valence-corrected chi connectivity index (χ0v) is 11.3. The van der Waals surface area contributed by atoms with Gasteiger partial charge in [0, 0.05) is 9.99 Å². The standard InChI is InChI=1S/C11H10BrIO/c12-7-6-11(14)5-4-9-2-1-3-10(13)8-9/h1-3,6-8H,4-5H2/b7-6+. The van der Waals surface area contributed by atoms with Crippen LogP contribution in [0.15, 0.2) is 35.3 Å². The second-order valence-electron chi connectivity index (χ2n) is 2.89. The molecule has 0 amide bonds. The number of aryl methyl sites for hydroxylation is 1. The molecule has 0 fully saturated rings. The second kappa shape index (κ2) is 6.35. The number of halogens is 2. The van der Waals surface area contributed by atoms with Crippen LogP contribution >= 0.6 is 38.5 Å². The molecule has 0 radical (unpaired) electrons. The summed E-state index contributed by atoms with van der Waals surface area (Å²) in [5.74, 6) is 0.153. The van der Waals surface area contributed by atoms with Gasteiger partial charge in [0.2, 0.25) is 0 Å². The number of carbonyl (C=O) groups excluding carboxylic acids is 1. The minimum absolute atomic E-state index is 0.153. The van der Waals surface area contributed by atoms with E-state index in [1.165, 1.54) is 9.13 Å². The van der Waals surface area contributed by atoms with Crippen LogP contribution in [0.5, 0.6) is 0 Å². The SMILES string of the molecule is O=C(/C=C/Br)CCc1cccc(I)c1. The second-order valence-corrected chi connectivity index (χ2v) is 4.66. The molecule has 0 aliphatic carbocycles. The van der Waals surface area contributed by atoms with E-state index in [0.29, 0.717) is 6.42 Å². The van der Waals surface area contributed by atoms with Crippen molar-refractivity contribution in [3.63, 3.8) is 0 Å². The lowest BCUT2D eigenvalue weighted by atomic mass is 10.1. The quantitative estimate of drug-likeness (QED) is 0.588. The van der Waals surface area contributed by atoms with Crippen molar-refractivity contribution >= 4 is 44.3 Å². The Kier molecular flexibility index (Phi) is 5.40. The van der Waals surface area contributed by atoms with Crippen molar-refractivity contribution in [3.8, 4) is 0 Å². The normalized spacial score (nSPS) is 10.7. The molecule has 0 aliphatic rings. The summed E-state index contributed by atoms with van der Waals surface area (Å²) in [4.78, 5) is 12.8. The molecular weight excluding hydrogens is 355 g/mol. The van der Waals surface area contributed by atoms with E-state index in [1.807, 2.05) is 18.2 Å². The van der Waals surface area contributed by atoms with Gasteiger partial charge in [-0.15, -0.1) is 0 Å². The lowest BCUT2D eigenvalue weighted by Crippen LogP contribution is -1.95. The van der Waals surface area contributed by atoms with Gasteiger partial charge in [-0.2, -0.15) is 0 Å². The van der Waals surface area contributed by atoms with Crippen molar-refractivity contribution < 1.29 is 4.79 Å². The molecule has 0 saturated heterocycles. The molecule has 1 aromatic carbocycles. The molecule has 0 saturated carbocycles. The third-order valence-electron chi connectivity index (χ3n) is 1.80. The molecule has 0 heterocycles. The van der Waals surface area contributed by atoms with E-state index in [-0.39, 0.29) is 5.78 Å². The maximum Gasteiger partial charge on any atom is 0.156 e. The summed E-state index contributed by atoms with van der Waals surface area (Å²) in [6, 6.07) is 8.21. The molecule has 1 aromatic rings. The lowest BCUT2D eigenvalue weighted by Gasteiger charge is -1.99. The third kappa shape index (κ3) is 4.37. The van der Waals surface area contributed by atoms with Gasteiger partial charge in [0.05, 0.1) is 0 Å². The molecule has 3 heteroatoms. The summed E-state index contributed by atoms with van der Waals surface area (Å²) in [5.41, 5.74) is 1.22. The van der Waals surface area contributed by atoms with E-state index >= 15 is 0 Å². The van der Waals surface area contributed by atoms with E-state index in [1.54, 1.807) is 11.1 Å². The van der Waals surface area contributed by atoms with E-state index in [9.17, 15) is 4.79 Å². The molecule has 0 aromatic heterocycles. The van der Waals surface area contributed by atoms with Gasteiger partial charge in [-0.3, -0.25) is 4.79 Å². The molecule has 0 atom stereocenters. The van der Waals surface area contributed by atoms with Crippen LogP contribution in [-0.2, 0) is 11.2 Å². The first-order chi connectivity index (χ1) is 6.72. The highest BCUT2D eigenvalue weighted by atomic mass is 127. The van der Waals surface area contributed by atoms with Crippen LogP contribution in [-0.4, -0.2) is 5.78 Å². The van der Waals surface area contributed by atoms with Crippen molar-refractivity contribution in [1.29, 1.82) is 0 Å². The molecular formula is C11H10BrIO. The predicted molar refractivity (Wildman–Crippen MR) is 70.6 cm³/mol. The average Bonchev–Trinajstić information content (AvgIpc) is 2.15.